The zero-order valence-corrected chi connectivity index (χ0v) is 11.8. The summed E-state index contributed by atoms with van der Waals surface area (Å²) in [7, 11) is 0. The van der Waals surface area contributed by atoms with Gasteiger partial charge in [0.15, 0.2) is 0 Å². The molecule has 0 aliphatic rings. The number of aromatic nitrogens is 1. The predicted octanol–water partition coefficient (Wildman–Crippen LogP) is 1.85. The van der Waals surface area contributed by atoms with Crippen molar-refractivity contribution in [2.45, 2.75) is 19.9 Å². The molecule has 0 bridgehead atoms. The van der Waals surface area contributed by atoms with E-state index >= 15 is 0 Å². The van der Waals surface area contributed by atoms with Gasteiger partial charge in [-0.3, -0.25) is 9.59 Å². The molecule has 110 valence electrons. The molecule has 0 radical (unpaired) electrons. The number of amides is 1. The van der Waals surface area contributed by atoms with Gasteiger partial charge in [0.05, 0.1) is 17.0 Å². The Morgan fingerprint density at radius 3 is 2.57 bits per heavy atom. The van der Waals surface area contributed by atoms with Crippen LogP contribution < -0.4 is 11.1 Å². The number of hydrogen-bond acceptors (Lipinski definition) is 4. The third-order valence-electron chi connectivity index (χ3n) is 3.50. The van der Waals surface area contributed by atoms with Crippen LogP contribution in [0.4, 0.5) is 5.82 Å². The van der Waals surface area contributed by atoms with Gasteiger partial charge in [-0.2, -0.15) is 0 Å². The number of nitrogens with one attached hydrogen (secondary N) is 1. The number of carboxylic acid groups (broad SMARTS) is 1. The highest BCUT2D eigenvalue weighted by atomic mass is 16.4. The van der Waals surface area contributed by atoms with E-state index in [9.17, 15) is 9.59 Å². The van der Waals surface area contributed by atoms with Gasteiger partial charge in [0.1, 0.15) is 5.82 Å². The summed E-state index contributed by atoms with van der Waals surface area (Å²) in [5.74, 6) is -1.60. The molecule has 1 aromatic heterocycles. The van der Waals surface area contributed by atoms with E-state index in [1.54, 1.807) is 38.1 Å². The van der Waals surface area contributed by atoms with Gasteiger partial charge in [0.2, 0.25) is 5.91 Å². The first-order chi connectivity index (χ1) is 9.90. The lowest BCUT2D eigenvalue weighted by Crippen LogP contribution is -2.30. The monoisotopic (exact) mass is 287 g/mol. The van der Waals surface area contributed by atoms with Crippen molar-refractivity contribution in [3.05, 3.63) is 35.9 Å². The van der Waals surface area contributed by atoms with E-state index in [4.69, 9.17) is 10.8 Å². The molecule has 1 heterocycles. The number of fused-ring (bicyclic) bond motifs is 1. The van der Waals surface area contributed by atoms with Gasteiger partial charge >= 0.3 is 5.97 Å². The molecule has 0 aliphatic carbocycles. The number of carbonyl (C=O) groups is 2. The lowest BCUT2D eigenvalue weighted by atomic mass is 10.0. The molecular weight excluding hydrogens is 270 g/mol. The number of pyridine rings is 1. The van der Waals surface area contributed by atoms with Crippen molar-refractivity contribution in [2.75, 3.05) is 5.32 Å². The molecule has 0 saturated carbocycles. The second-order valence-corrected chi connectivity index (χ2v) is 5.00. The summed E-state index contributed by atoms with van der Waals surface area (Å²) in [5.41, 5.74) is 6.39. The molecule has 0 fully saturated rings. The second kappa shape index (κ2) is 5.78. The third-order valence-corrected chi connectivity index (χ3v) is 3.50. The van der Waals surface area contributed by atoms with Gasteiger partial charge in [0, 0.05) is 11.4 Å². The van der Waals surface area contributed by atoms with Crippen LogP contribution in [0.25, 0.3) is 10.9 Å². The van der Waals surface area contributed by atoms with Crippen molar-refractivity contribution >= 4 is 28.6 Å². The summed E-state index contributed by atoms with van der Waals surface area (Å²) < 4.78 is 0. The number of rotatable bonds is 5. The lowest BCUT2D eigenvalue weighted by molar-refractivity contribution is -0.141. The average Bonchev–Trinajstić information content (AvgIpc) is 2.45. The van der Waals surface area contributed by atoms with Crippen LogP contribution in [0.2, 0.25) is 0 Å². The first-order valence-corrected chi connectivity index (χ1v) is 6.59. The molecule has 1 aromatic carbocycles. The molecule has 4 N–H and O–H groups in total. The van der Waals surface area contributed by atoms with Gasteiger partial charge in [-0.25, -0.2) is 4.98 Å². The summed E-state index contributed by atoms with van der Waals surface area (Å²) in [4.78, 5) is 26.9. The maximum atomic E-state index is 11.6. The van der Waals surface area contributed by atoms with Crippen molar-refractivity contribution in [3.8, 4) is 0 Å². The number of aliphatic carboxylic acids is 1. The van der Waals surface area contributed by atoms with Gasteiger partial charge in [-0.15, -0.1) is 0 Å². The van der Waals surface area contributed by atoms with Gasteiger partial charge < -0.3 is 16.2 Å². The molecule has 1 amide bonds. The van der Waals surface area contributed by atoms with Crippen molar-refractivity contribution in [1.29, 1.82) is 0 Å². The number of anilines is 1. The normalized spacial score (nSPS) is 13.6. The molecule has 0 aliphatic heterocycles. The first kappa shape index (κ1) is 14.8. The first-order valence-electron chi connectivity index (χ1n) is 6.59. The van der Waals surface area contributed by atoms with Crippen LogP contribution >= 0.6 is 0 Å². The topological polar surface area (TPSA) is 105 Å². The molecular formula is C15H17N3O3. The number of hydrogen-bond donors (Lipinski definition) is 3. The fourth-order valence-electron chi connectivity index (χ4n) is 2.03. The van der Waals surface area contributed by atoms with Gasteiger partial charge in [-0.05, 0) is 26.0 Å². The summed E-state index contributed by atoms with van der Waals surface area (Å²) in [6.07, 6.45) is 0. The Labute approximate surface area is 122 Å². The van der Waals surface area contributed by atoms with Crippen molar-refractivity contribution in [3.63, 3.8) is 0 Å². The molecule has 2 aromatic rings. The minimum absolute atomic E-state index is 0.336. The van der Waals surface area contributed by atoms with E-state index in [-0.39, 0.29) is 6.04 Å². The smallest absolute Gasteiger partial charge is 0.308 e. The number of benzene rings is 1. The number of nitrogens with zero attached hydrogens (tertiary/aromatic N) is 1. The number of nitrogens with two attached hydrogens (primary N) is 1. The highest BCUT2D eigenvalue weighted by Gasteiger charge is 2.20. The summed E-state index contributed by atoms with van der Waals surface area (Å²) in [5, 5.41) is 12.7. The molecule has 0 spiro atoms. The van der Waals surface area contributed by atoms with E-state index in [0.29, 0.717) is 22.3 Å². The lowest BCUT2D eigenvalue weighted by Gasteiger charge is -2.19. The Balaban J connectivity index is 2.41. The van der Waals surface area contributed by atoms with Gasteiger partial charge in [0.25, 0.3) is 0 Å². The van der Waals surface area contributed by atoms with Gasteiger partial charge in [-0.1, -0.05) is 18.2 Å². The Hall–Kier alpha value is -2.63. The van der Waals surface area contributed by atoms with E-state index in [0.717, 1.165) is 0 Å². The van der Waals surface area contributed by atoms with Crippen molar-refractivity contribution in [2.24, 2.45) is 11.7 Å². The number of carbonyl (C=O) groups excluding carboxylic acids is 1. The van der Waals surface area contributed by atoms with Crippen LogP contribution in [0.3, 0.4) is 0 Å². The Morgan fingerprint density at radius 2 is 1.95 bits per heavy atom. The quantitative estimate of drug-likeness (QED) is 0.778. The maximum absolute atomic E-state index is 11.6. The number of primary amides is 1. The molecule has 0 saturated heterocycles. The zero-order valence-electron chi connectivity index (χ0n) is 11.8. The molecule has 6 heteroatoms. The molecule has 2 rings (SSSR count). The minimum atomic E-state index is -0.897. The van der Waals surface area contributed by atoms with E-state index in [1.807, 2.05) is 6.07 Å². The fraction of sp³-hybridized carbons (Fsp3) is 0.267. The highest BCUT2D eigenvalue weighted by Crippen LogP contribution is 2.21. The SMILES string of the molecule is CC(Nc1cc(C(N)=O)c2ccccc2n1)C(C)C(=O)O. The standard InChI is InChI=1S/C15H17N3O3/c1-8(15(20)21)9(2)17-13-7-11(14(16)19)10-5-3-4-6-12(10)18-13/h3-9H,1-2H3,(H2,16,19)(H,17,18)(H,20,21). The van der Waals surface area contributed by atoms with Crippen molar-refractivity contribution in [1.82, 2.24) is 4.98 Å². The van der Waals surface area contributed by atoms with E-state index < -0.39 is 17.8 Å². The van der Waals surface area contributed by atoms with Crippen LogP contribution in [0.1, 0.15) is 24.2 Å². The predicted molar refractivity (Wildman–Crippen MR) is 80.1 cm³/mol. The zero-order chi connectivity index (χ0) is 15.6. The van der Waals surface area contributed by atoms with Crippen molar-refractivity contribution < 1.29 is 14.7 Å². The minimum Gasteiger partial charge on any atom is -0.481 e. The number of para-hydroxylation sites is 1. The van der Waals surface area contributed by atoms with Crippen LogP contribution in [0.5, 0.6) is 0 Å². The molecule has 21 heavy (non-hydrogen) atoms. The third kappa shape index (κ3) is 3.10. The van der Waals surface area contributed by atoms with Crippen LogP contribution in [0, 0.1) is 5.92 Å². The molecule has 2 atom stereocenters. The number of carboxylic acids is 1. The summed E-state index contributed by atoms with van der Waals surface area (Å²) >= 11 is 0. The highest BCUT2D eigenvalue weighted by molar-refractivity contribution is 6.06. The summed E-state index contributed by atoms with van der Waals surface area (Å²) in [6, 6.07) is 8.38. The Bertz CT molecular complexity index is 700. The Kier molecular flexibility index (Phi) is 4.07. The largest absolute Gasteiger partial charge is 0.481 e. The fourth-order valence-corrected chi connectivity index (χ4v) is 2.03. The van der Waals surface area contributed by atoms with Crippen LogP contribution in [-0.2, 0) is 4.79 Å². The average molecular weight is 287 g/mol. The van der Waals surface area contributed by atoms with Crippen LogP contribution in [0.15, 0.2) is 30.3 Å². The second-order valence-electron chi connectivity index (χ2n) is 5.00. The van der Waals surface area contributed by atoms with E-state index in [2.05, 4.69) is 10.3 Å². The molecule has 6 nitrogen and oxygen atoms in total. The molecule has 2 unspecified atom stereocenters. The Morgan fingerprint density at radius 1 is 1.29 bits per heavy atom. The van der Waals surface area contributed by atoms with Crippen LogP contribution in [-0.4, -0.2) is 28.0 Å². The van der Waals surface area contributed by atoms with E-state index in [1.165, 1.54) is 0 Å². The summed E-state index contributed by atoms with van der Waals surface area (Å²) in [6.45, 7) is 3.36. The maximum Gasteiger partial charge on any atom is 0.308 e.